The van der Waals surface area contributed by atoms with Gasteiger partial charge in [0, 0.05) is 24.8 Å². The number of amides is 1. The van der Waals surface area contributed by atoms with Gasteiger partial charge in [-0.05, 0) is 5.56 Å². The second-order valence-corrected chi connectivity index (χ2v) is 5.44. The number of hydrogen-bond donors (Lipinski definition) is 1. The first-order valence-corrected chi connectivity index (χ1v) is 6.23. The van der Waals surface area contributed by atoms with Gasteiger partial charge in [0.05, 0.1) is 0 Å². The molecule has 1 aromatic carbocycles. The van der Waals surface area contributed by atoms with Crippen molar-refractivity contribution >= 4 is 11.7 Å². The van der Waals surface area contributed by atoms with Crippen molar-refractivity contribution in [3.8, 4) is 0 Å². The third-order valence-electron chi connectivity index (χ3n) is 2.75. The molecule has 3 heteroatoms. The van der Waals surface area contributed by atoms with Crippen molar-refractivity contribution in [2.75, 3.05) is 0 Å². The van der Waals surface area contributed by atoms with E-state index in [4.69, 9.17) is 0 Å². The molecule has 0 aromatic heterocycles. The first kappa shape index (κ1) is 14.4. The van der Waals surface area contributed by atoms with Gasteiger partial charge in [-0.15, -0.1) is 0 Å². The topological polar surface area (TPSA) is 46.2 Å². The number of nitrogens with one attached hydrogen (secondary N) is 1. The molecule has 1 amide bonds. The van der Waals surface area contributed by atoms with Crippen molar-refractivity contribution < 1.29 is 9.59 Å². The summed E-state index contributed by atoms with van der Waals surface area (Å²) in [6, 6.07) is 9.73. The van der Waals surface area contributed by atoms with Crippen LogP contribution in [-0.4, -0.2) is 11.7 Å². The average molecular weight is 247 g/mol. The Bertz CT molecular complexity index is 404. The molecule has 98 valence electrons. The molecular formula is C15H21NO2. The molecule has 0 fully saturated rings. The Kier molecular flexibility index (Phi) is 5.08. The number of benzene rings is 1. The quantitative estimate of drug-likeness (QED) is 0.869. The lowest BCUT2D eigenvalue weighted by atomic mass is 9.88. The summed E-state index contributed by atoms with van der Waals surface area (Å²) in [5, 5.41) is 2.81. The monoisotopic (exact) mass is 247 g/mol. The molecule has 0 saturated heterocycles. The first-order valence-electron chi connectivity index (χ1n) is 6.23. The van der Waals surface area contributed by atoms with Gasteiger partial charge < -0.3 is 5.32 Å². The van der Waals surface area contributed by atoms with Gasteiger partial charge in [0.2, 0.25) is 5.91 Å². The Balaban J connectivity index is 2.29. The van der Waals surface area contributed by atoms with Gasteiger partial charge in [-0.1, -0.05) is 51.1 Å². The van der Waals surface area contributed by atoms with Crippen LogP contribution in [0.1, 0.15) is 39.2 Å². The summed E-state index contributed by atoms with van der Waals surface area (Å²) in [4.78, 5) is 23.2. The van der Waals surface area contributed by atoms with Crippen LogP contribution in [0, 0.1) is 5.41 Å². The van der Waals surface area contributed by atoms with Gasteiger partial charge >= 0.3 is 0 Å². The van der Waals surface area contributed by atoms with Crippen LogP contribution in [0.3, 0.4) is 0 Å². The largest absolute Gasteiger partial charge is 0.352 e. The van der Waals surface area contributed by atoms with Gasteiger partial charge in [0.25, 0.3) is 0 Å². The second-order valence-electron chi connectivity index (χ2n) is 5.44. The van der Waals surface area contributed by atoms with E-state index in [2.05, 4.69) is 5.32 Å². The summed E-state index contributed by atoms with van der Waals surface area (Å²) in [5.74, 6) is 0.0498. The molecule has 0 unspecified atom stereocenters. The Labute approximate surface area is 109 Å². The summed E-state index contributed by atoms with van der Waals surface area (Å²) in [5.41, 5.74) is 0.702. The third kappa shape index (κ3) is 5.13. The maximum atomic E-state index is 11.7. The fraction of sp³-hybridized carbons (Fsp3) is 0.467. The van der Waals surface area contributed by atoms with Crippen LogP contribution in [0.25, 0.3) is 0 Å². The standard InChI is InChI=1S/C15H21NO2/c1-15(2,3)13(17)9-10-14(18)16-11-12-7-5-4-6-8-12/h4-8H,9-11H2,1-3H3,(H,16,18). The molecule has 1 N–H and O–H groups in total. The van der Waals surface area contributed by atoms with Crippen LogP contribution in [0.15, 0.2) is 30.3 Å². The predicted octanol–water partition coefficient (Wildman–Crippen LogP) is 2.70. The summed E-state index contributed by atoms with van der Waals surface area (Å²) in [6.07, 6.45) is 0.576. The maximum Gasteiger partial charge on any atom is 0.220 e. The molecule has 0 spiro atoms. The fourth-order valence-corrected chi connectivity index (χ4v) is 1.49. The molecule has 0 radical (unpaired) electrons. The smallest absolute Gasteiger partial charge is 0.220 e. The zero-order chi connectivity index (χ0) is 13.6. The van der Waals surface area contributed by atoms with Gasteiger partial charge in [0.15, 0.2) is 0 Å². The van der Waals surface area contributed by atoms with Crippen LogP contribution in [0.4, 0.5) is 0 Å². The second kappa shape index (κ2) is 6.34. The summed E-state index contributed by atoms with van der Waals surface area (Å²) < 4.78 is 0. The Morgan fingerprint density at radius 1 is 1.06 bits per heavy atom. The van der Waals surface area contributed by atoms with Gasteiger partial charge in [-0.3, -0.25) is 9.59 Å². The minimum atomic E-state index is -0.361. The average Bonchev–Trinajstić information content (AvgIpc) is 2.33. The van der Waals surface area contributed by atoms with E-state index in [0.29, 0.717) is 13.0 Å². The van der Waals surface area contributed by atoms with Crippen molar-refractivity contribution in [3.05, 3.63) is 35.9 Å². The molecule has 18 heavy (non-hydrogen) atoms. The molecule has 0 aliphatic heterocycles. The molecule has 0 aliphatic carbocycles. The maximum absolute atomic E-state index is 11.7. The van der Waals surface area contributed by atoms with E-state index in [1.807, 2.05) is 51.1 Å². The van der Waals surface area contributed by atoms with Crippen LogP contribution in [-0.2, 0) is 16.1 Å². The van der Waals surface area contributed by atoms with E-state index >= 15 is 0 Å². The van der Waals surface area contributed by atoms with E-state index in [1.54, 1.807) is 0 Å². The number of Topliss-reactive ketones (excluding diaryl/α,β-unsaturated/α-hetero) is 1. The number of carbonyl (C=O) groups excluding carboxylic acids is 2. The molecular weight excluding hydrogens is 226 g/mol. The van der Waals surface area contributed by atoms with Crippen LogP contribution >= 0.6 is 0 Å². The van der Waals surface area contributed by atoms with Crippen LogP contribution in [0.2, 0.25) is 0 Å². The number of rotatable bonds is 5. The number of ketones is 1. The molecule has 3 nitrogen and oxygen atoms in total. The van der Waals surface area contributed by atoms with Crippen molar-refractivity contribution in [3.63, 3.8) is 0 Å². The van der Waals surface area contributed by atoms with E-state index in [9.17, 15) is 9.59 Å². The van der Waals surface area contributed by atoms with E-state index in [-0.39, 0.29) is 23.5 Å². The molecule has 1 aromatic rings. The van der Waals surface area contributed by atoms with E-state index < -0.39 is 0 Å². The Morgan fingerprint density at radius 2 is 1.67 bits per heavy atom. The lowest BCUT2D eigenvalue weighted by molar-refractivity contribution is -0.129. The van der Waals surface area contributed by atoms with Crippen molar-refractivity contribution in [2.24, 2.45) is 5.41 Å². The zero-order valence-electron chi connectivity index (χ0n) is 11.3. The molecule has 0 atom stereocenters. The van der Waals surface area contributed by atoms with Crippen LogP contribution in [0.5, 0.6) is 0 Å². The Morgan fingerprint density at radius 3 is 2.22 bits per heavy atom. The molecule has 0 saturated carbocycles. The molecule has 0 aliphatic rings. The Hall–Kier alpha value is -1.64. The first-order chi connectivity index (χ1) is 8.39. The highest BCUT2D eigenvalue weighted by Gasteiger charge is 2.21. The van der Waals surface area contributed by atoms with E-state index in [1.165, 1.54) is 0 Å². The lowest BCUT2D eigenvalue weighted by Crippen LogP contribution is -2.26. The highest BCUT2D eigenvalue weighted by molar-refractivity contribution is 5.88. The molecule has 0 heterocycles. The van der Waals surface area contributed by atoms with Gasteiger partial charge in [0.1, 0.15) is 5.78 Å². The van der Waals surface area contributed by atoms with Crippen molar-refractivity contribution in [2.45, 2.75) is 40.2 Å². The zero-order valence-corrected chi connectivity index (χ0v) is 11.3. The van der Waals surface area contributed by atoms with Crippen LogP contribution < -0.4 is 5.32 Å². The lowest BCUT2D eigenvalue weighted by Gasteiger charge is -2.16. The highest BCUT2D eigenvalue weighted by Crippen LogP contribution is 2.17. The molecule has 0 bridgehead atoms. The highest BCUT2D eigenvalue weighted by atomic mass is 16.2. The minimum absolute atomic E-state index is 0.0727. The summed E-state index contributed by atoms with van der Waals surface area (Å²) in [6.45, 7) is 6.13. The fourth-order valence-electron chi connectivity index (χ4n) is 1.49. The molecule has 1 rings (SSSR count). The summed E-state index contributed by atoms with van der Waals surface area (Å²) >= 11 is 0. The van der Waals surface area contributed by atoms with Crippen molar-refractivity contribution in [1.82, 2.24) is 5.32 Å². The van der Waals surface area contributed by atoms with Gasteiger partial charge in [-0.25, -0.2) is 0 Å². The predicted molar refractivity (Wildman–Crippen MR) is 72.0 cm³/mol. The van der Waals surface area contributed by atoms with E-state index in [0.717, 1.165) is 5.56 Å². The van der Waals surface area contributed by atoms with Gasteiger partial charge in [-0.2, -0.15) is 0 Å². The normalized spacial score (nSPS) is 11.1. The third-order valence-corrected chi connectivity index (χ3v) is 2.75. The summed E-state index contributed by atoms with van der Waals surface area (Å²) in [7, 11) is 0. The number of hydrogen-bond acceptors (Lipinski definition) is 2. The number of carbonyl (C=O) groups is 2. The minimum Gasteiger partial charge on any atom is -0.352 e. The SMILES string of the molecule is CC(C)(C)C(=O)CCC(=O)NCc1ccccc1. The van der Waals surface area contributed by atoms with Crippen molar-refractivity contribution in [1.29, 1.82) is 0 Å².